The van der Waals surface area contributed by atoms with E-state index in [4.69, 9.17) is 4.74 Å². The van der Waals surface area contributed by atoms with E-state index in [9.17, 15) is 9.18 Å². The molecule has 1 aromatic carbocycles. The average molecular weight is 213 g/mol. The third-order valence-corrected chi connectivity index (χ3v) is 1.82. The third-order valence-electron chi connectivity index (χ3n) is 1.82. The van der Waals surface area contributed by atoms with Crippen molar-refractivity contribution in [2.24, 2.45) is 0 Å². The Kier molecular flexibility index (Phi) is 3.91. The van der Waals surface area contributed by atoms with Crippen LogP contribution in [0.3, 0.4) is 0 Å². The fraction of sp³-hybridized carbons (Fsp3) is 0.300. The van der Waals surface area contributed by atoms with Gasteiger partial charge in [-0.3, -0.25) is 4.79 Å². The maximum Gasteiger partial charge on any atom is 0.325 e. The second-order valence-electron chi connectivity index (χ2n) is 2.78. The van der Waals surface area contributed by atoms with Gasteiger partial charge in [0.25, 0.3) is 0 Å². The van der Waals surface area contributed by atoms with E-state index in [1.165, 1.54) is 32.4 Å². The normalized spacial score (nSPS) is 9.53. The molecular weight excluding hydrogens is 201 g/mol. The molecule has 0 aliphatic rings. The molecular formula is C10H12FNO3. The Hall–Kier alpha value is -1.78. The lowest BCUT2D eigenvalue weighted by Gasteiger charge is -2.07. The van der Waals surface area contributed by atoms with Crippen LogP contribution < -0.4 is 10.1 Å². The number of benzene rings is 1. The molecule has 0 aromatic heterocycles. The van der Waals surface area contributed by atoms with Crippen molar-refractivity contribution in [1.29, 1.82) is 0 Å². The first-order valence-electron chi connectivity index (χ1n) is 4.31. The number of esters is 1. The third kappa shape index (κ3) is 3.12. The summed E-state index contributed by atoms with van der Waals surface area (Å²) in [6, 6.07) is 4.23. The Balaban J connectivity index is 2.70. The summed E-state index contributed by atoms with van der Waals surface area (Å²) in [5.41, 5.74) is 0.208. The Morgan fingerprint density at radius 3 is 2.80 bits per heavy atom. The van der Waals surface area contributed by atoms with Crippen LogP contribution in [0.4, 0.5) is 10.1 Å². The molecule has 0 saturated carbocycles. The first kappa shape index (κ1) is 11.3. The Morgan fingerprint density at radius 2 is 2.20 bits per heavy atom. The van der Waals surface area contributed by atoms with Crippen LogP contribution in [-0.4, -0.2) is 26.7 Å². The van der Waals surface area contributed by atoms with Gasteiger partial charge in [-0.05, 0) is 12.1 Å². The Morgan fingerprint density at radius 1 is 1.47 bits per heavy atom. The number of hydrogen-bond donors (Lipinski definition) is 1. The first-order valence-corrected chi connectivity index (χ1v) is 4.31. The van der Waals surface area contributed by atoms with Crippen molar-refractivity contribution in [3.8, 4) is 5.75 Å². The zero-order chi connectivity index (χ0) is 11.3. The maximum absolute atomic E-state index is 13.2. The number of methoxy groups -OCH3 is 2. The number of rotatable bonds is 4. The topological polar surface area (TPSA) is 47.6 Å². The summed E-state index contributed by atoms with van der Waals surface area (Å²) in [5.74, 6) is -0.388. The van der Waals surface area contributed by atoms with E-state index in [1.54, 1.807) is 0 Å². The van der Waals surface area contributed by atoms with Crippen molar-refractivity contribution >= 4 is 11.7 Å². The number of carbonyl (C=O) groups excluding carboxylic acids is 1. The summed E-state index contributed by atoms with van der Waals surface area (Å²) in [5, 5.41) is 2.61. The molecule has 0 spiro atoms. The van der Waals surface area contributed by atoms with Crippen molar-refractivity contribution in [1.82, 2.24) is 0 Å². The largest absolute Gasteiger partial charge is 0.497 e. The van der Waals surface area contributed by atoms with Gasteiger partial charge in [0, 0.05) is 6.07 Å². The maximum atomic E-state index is 13.2. The van der Waals surface area contributed by atoms with Gasteiger partial charge in [-0.2, -0.15) is 0 Å². The smallest absolute Gasteiger partial charge is 0.325 e. The highest BCUT2D eigenvalue weighted by Gasteiger charge is 2.05. The molecule has 0 bridgehead atoms. The summed E-state index contributed by atoms with van der Waals surface area (Å²) in [4.78, 5) is 10.8. The lowest BCUT2D eigenvalue weighted by molar-refractivity contribution is -0.138. The Labute approximate surface area is 87.0 Å². The molecule has 0 radical (unpaired) electrons. The Bertz CT molecular complexity index is 355. The van der Waals surface area contributed by atoms with Gasteiger partial charge in [0.05, 0.1) is 19.9 Å². The van der Waals surface area contributed by atoms with Crippen LogP contribution in [0.1, 0.15) is 0 Å². The molecule has 0 saturated heterocycles. The number of hydrogen-bond acceptors (Lipinski definition) is 4. The molecule has 5 heteroatoms. The second-order valence-corrected chi connectivity index (χ2v) is 2.78. The zero-order valence-electron chi connectivity index (χ0n) is 8.54. The predicted octanol–water partition coefficient (Wildman–Crippen LogP) is 1.42. The molecule has 0 atom stereocenters. The van der Waals surface area contributed by atoms with Crippen LogP contribution in [0.2, 0.25) is 0 Å². The number of nitrogens with one attached hydrogen (secondary N) is 1. The van der Waals surface area contributed by atoms with Crippen molar-refractivity contribution in [2.75, 3.05) is 26.1 Å². The standard InChI is InChI=1S/C10H12FNO3/c1-14-7-3-4-8(11)9(5-7)12-6-10(13)15-2/h3-5,12H,6H2,1-2H3. The number of halogens is 1. The molecule has 0 amide bonds. The summed E-state index contributed by atoms with van der Waals surface area (Å²) in [6.45, 7) is -0.0828. The molecule has 0 aliphatic heterocycles. The van der Waals surface area contributed by atoms with Gasteiger partial charge in [0.15, 0.2) is 0 Å². The van der Waals surface area contributed by atoms with Crippen LogP contribution in [0.25, 0.3) is 0 Å². The summed E-state index contributed by atoms with van der Waals surface area (Å²) in [6.07, 6.45) is 0. The SMILES string of the molecule is COC(=O)CNc1cc(OC)ccc1F. The van der Waals surface area contributed by atoms with Gasteiger partial charge < -0.3 is 14.8 Å². The van der Waals surface area contributed by atoms with Crippen LogP contribution in [0.5, 0.6) is 5.75 Å². The van der Waals surface area contributed by atoms with Crippen molar-refractivity contribution < 1.29 is 18.7 Å². The molecule has 1 N–H and O–H groups in total. The highest BCUT2D eigenvalue weighted by molar-refractivity contribution is 5.75. The lowest BCUT2D eigenvalue weighted by Crippen LogP contribution is -2.15. The second kappa shape index (κ2) is 5.19. The predicted molar refractivity (Wildman–Crippen MR) is 53.5 cm³/mol. The van der Waals surface area contributed by atoms with E-state index < -0.39 is 11.8 Å². The number of anilines is 1. The van der Waals surface area contributed by atoms with E-state index in [0.29, 0.717) is 5.75 Å². The van der Waals surface area contributed by atoms with Crippen LogP contribution in [-0.2, 0) is 9.53 Å². The highest BCUT2D eigenvalue weighted by atomic mass is 19.1. The minimum Gasteiger partial charge on any atom is -0.497 e. The van der Waals surface area contributed by atoms with Crippen molar-refractivity contribution in [3.63, 3.8) is 0 Å². The molecule has 1 rings (SSSR count). The van der Waals surface area contributed by atoms with E-state index in [0.717, 1.165) is 0 Å². The van der Waals surface area contributed by atoms with E-state index in [1.807, 2.05) is 0 Å². The van der Waals surface area contributed by atoms with Gasteiger partial charge in [-0.15, -0.1) is 0 Å². The zero-order valence-corrected chi connectivity index (χ0v) is 8.54. The van der Waals surface area contributed by atoms with Gasteiger partial charge in [-0.25, -0.2) is 4.39 Å². The molecule has 1 aromatic rings. The van der Waals surface area contributed by atoms with Gasteiger partial charge in [0.2, 0.25) is 0 Å². The fourth-order valence-corrected chi connectivity index (χ4v) is 1.01. The van der Waals surface area contributed by atoms with Crippen LogP contribution in [0.15, 0.2) is 18.2 Å². The minimum absolute atomic E-state index is 0.0828. The number of carbonyl (C=O) groups is 1. The van der Waals surface area contributed by atoms with Gasteiger partial charge in [-0.1, -0.05) is 0 Å². The van der Waals surface area contributed by atoms with Gasteiger partial charge >= 0.3 is 5.97 Å². The van der Waals surface area contributed by atoms with Crippen LogP contribution >= 0.6 is 0 Å². The summed E-state index contributed by atoms with van der Waals surface area (Å²) in [7, 11) is 2.75. The van der Waals surface area contributed by atoms with E-state index >= 15 is 0 Å². The molecule has 82 valence electrons. The number of ether oxygens (including phenoxy) is 2. The highest BCUT2D eigenvalue weighted by Crippen LogP contribution is 2.20. The van der Waals surface area contributed by atoms with E-state index in [2.05, 4.69) is 10.1 Å². The quantitative estimate of drug-likeness (QED) is 0.768. The summed E-state index contributed by atoms with van der Waals surface area (Å²) >= 11 is 0. The minimum atomic E-state index is -0.461. The molecule has 0 fully saturated rings. The van der Waals surface area contributed by atoms with Crippen LogP contribution in [0, 0.1) is 5.82 Å². The van der Waals surface area contributed by atoms with Crippen molar-refractivity contribution in [3.05, 3.63) is 24.0 Å². The molecule has 15 heavy (non-hydrogen) atoms. The van der Waals surface area contributed by atoms with Crippen molar-refractivity contribution in [2.45, 2.75) is 0 Å². The molecule has 0 aliphatic carbocycles. The lowest BCUT2D eigenvalue weighted by atomic mass is 10.3. The molecule has 0 unspecified atom stereocenters. The molecule has 0 heterocycles. The monoisotopic (exact) mass is 213 g/mol. The molecule has 4 nitrogen and oxygen atoms in total. The fourth-order valence-electron chi connectivity index (χ4n) is 1.01. The van der Waals surface area contributed by atoms with Gasteiger partial charge in [0.1, 0.15) is 18.1 Å². The first-order chi connectivity index (χ1) is 7.17. The van der Waals surface area contributed by atoms with E-state index in [-0.39, 0.29) is 12.2 Å². The average Bonchev–Trinajstić information content (AvgIpc) is 2.27. The summed E-state index contributed by atoms with van der Waals surface area (Å²) < 4.78 is 22.5.